The zero-order chi connectivity index (χ0) is 19.2. The molecule has 0 amide bonds. The predicted molar refractivity (Wildman–Crippen MR) is 104 cm³/mol. The van der Waals surface area contributed by atoms with Gasteiger partial charge in [0.1, 0.15) is 16.1 Å². The molecule has 0 saturated heterocycles. The Morgan fingerprint density at radius 3 is 1.84 bits per heavy atom. The monoisotopic (exact) mass is 381 g/mol. The van der Waals surface area contributed by atoms with Crippen molar-refractivity contribution in [3.63, 3.8) is 0 Å². The fourth-order valence-electron chi connectivity index (χ4n) is 2.82. The van der Waals surface area contributed by atoms with Crippen LogP contribution >= 0.6 is 23.2 Å². The molecule has 1 heterocycles. The quantitative estimate of drug-likeness (QED) is 0.635. The van der Waals surface area contributed by atoms with Gasteiger partial charge in [0.2, 0.25) is 0 Å². The number of aromatic amines is 1. The van der Waals surface area contributed by atoms with Gasteiger partial charge in [-0.2, -0.15) is 0 Å². The largest absolute Gasteiger partial charge is 0.507 e. The van der Waals surface area contributed by atoms with Crippen LogP contribution in [0.2, 0.25) is 10.3 Å². The lowest BCUT2D eigenvalue weighted by atomic mass is 9.78. The highest BCUT2D eigenvalue weighted by Crippen LogP contribution is 2.40. The second kappa shape index (κ2) is 6.69. The molecule has 2 aromatic rings. The lowest BCUT2D eigenvalue weighted by Gasteiger charge is -2.28. The molecular weight excluding hydrogens is 357 g/mol. The zero-order valence-corrected chi connectivity index (χ0v) is 17.1. The summed E-state index contributed by atoms with van der Waals surface area (Å²) in [5.41, 5.74) is 2.43. The van der Waals surface area contributed by atoms with Crippen LogP contribution in [0.3, 0.4) is 0 Å². The van der Waals surface area contributed by atoms with Crippen molar-refractivity contribution < 1.29 is 9.90 Å². The highest BCUT2D eigenvalue weighted by atomic mass is 35.5. The van der Waals surface area contributed by atoms with Crippen molar-refractivity contribution in [2.45, 2.75) is 58.8 Å². The second-order valence-corrected chi connectivity index (χ2v) is 9.27. The maximum absolute atomic E-state index is 12.6. The van der Waals surface area contributed by atoms with E-state index in [1.165, 1.54) is 0 Å². The molecule has 0 aliphatic rings. The first-order valence-corrected chi connectivity index (χ1v) is 9.00. The zero-order valence-electron chi connectivity index (χ0n) is 15.6. The summed E-state index contributed by atoms with van der Waals surface area (Å²) in [4.78, 5) is 15.4. The molecular formula is C20H25Cl2NO2. The van der Waals surface area contributed by atoms with Crippen LogP contribution in [0.1, 0.15) is 68.6 Å². The number of phenols is 1. The normalized spacial score (nSPS) is 12.5. The standard InChI is InChI=1S/C20H25Cl2NO2/c1-19(2,3)13-7-11(8-14(17(13)25)20(4,5)6)9-15(24)12-10-16(21)23-18(12)22/h7-8,10,23,25H,9H2,1-6H3. The van der Waals surface area contributed by atoms with Crippen LogP contribution in [0.15, 0.2) is 18.2 Å². The van der Waals surface area contributed by atoms with Crippen LogP contribution in [0, 0.1) is 0 Å². The number of Topliss-reactive ketones (excluding diaryl/α,β-unsaturated/α-hetero) is 1. The number of halogens is 2. The Morgan fingerprint density at radius 2 is 1.48 bits per heavy atom. The SMILES string of the molecule is CC(C)(C)c1cc(CC(=O)c2cc(Cl)[nH]c2Cl)cc(C(C)(C)C)c1O. The number of benzene rings is 1. The lowest BCUT2D eigenvalue weighted by Crippen LogP contribution is -2.18. The molecule has 3 nitrogen and oxygen atoms in total. The van der Waals surface area contributed by atoms with Crippen molar-refractivity contribution >= 4 is 29.0 Å². The fourth-order valence-corrected chi connectivity index (χ4v) is 3.34. The summed E-state index contributed by atoms with van der Waals surface area (Å²) < 4.78 is 0. The van der Waals surface area contributed by atoms with Gasteiger partial charge in [0.15, 0.2) is 5.78 Å². The molecule has 0 radical (unpaired) electrons. The van der Waals surface area contributed by atoms with Gasteiger partial charge in [-0.3, -0.25) is 4.79 Å². The average Bonchev–Trinajstić information content (AvgIpc) is 2.77. The Bertz CT molecular complexity index is 773. The summed E-state index contributed by atoms with van der Waals surface area (Å²) in [6.45, 7) is 12.3. The highest BCUT2D eigenvalue weighted by molar-refractivity contribution is 6.36. The molecule has 136 valence electrons. The number of H-pyrrole nitrogens is 1. The number of carbonyl (C=O) groups excluding carboxylic acids is 1. The molecule has 0 fully saturated rings. The Labute approximate surface area is 159 Å². The van der Waals surface area contributed by atoms with Gasteiger partial charge in [-0.25, -0.2) is 0 Å². The van der Waals surface area contributed by atoms with Gasteiger partial charge < -0.3 is 10.1 Å². The van der Waals surface area contributed by atoms with Gasteiger partial charge in [-0.05, 0) is 33.6 Å². The molecule has 0 aliphatic carbocycles. The Balaban J connectivity index is 2.51. The molecule has 0 atom stereocenters. The summed E-state index contributed by atoms with van der Waals surface area (Å²) in [6.07, 6.45) is 0.195. The maximum Gasteiger partial charge on any atom is 0.170 e. The second-order valence-electron chi connectivity index (χ2n) is 8.48. The number of ketones is 1. The van der Waals surface area contributed by atoms with E-state index in [0.717, 1.165) is 16.7 Å². The van der Waals surface area contributed by atoms with E-state index in [0.29, 0.717) is 16.5 Å². The van der Waals surface area contributed by atoms with Crippen LogP contribution in [0.5, 0.6) is 5.75 Å². The van der Waals surface area contributed by atoms with E-state index in [1.807, 2.05) is 53.7 Å². The van der Waals surface area contributed by atoms with Crippen LogP contribution in [0.25, 0.3) is 0 Å². The Kier molecular flexibility index (Phi) is 5.32. The highest BCUT2D eigenvalue weighted by Gasteiger charge is 2.27. The molecule has 0 bridgehead atoms. The number of aromatic nitrogens is 1. The molecule has 5 heteroatoms. The van der Waals surface area contributed by atoms with Crippen molar-refractivity contribution in [1.29, 1.82) is 0 Å². The molecule has 1 aromatic carbocycles. The van der Waals surface area contributed by atoms with Crippen molar-refractivity contribution in [3.05, 3.63) is 50.8 Å². The number of phenolic OH excluding ortho intramolecular Hbond substituents is 1. The number of nitrogens with one attached hydrogen (secondary N) is 1. The van der Waals surface area contributed by atoms with E-state index in [1.54, 1.807) is 6.07 Å². The summed E-state index contributed by atoms with van der Waals surface area (Å²) in [5.74, 6) is 0.192. The Morgan fingerprint density at radius 1 is 1.00 bits per heavy atom. The minimum atomic E-state index is -0.238. The van der Waals surface area contributed by atoms with Crippen molar-refractivity contribution in [2.75, 3.05) is 0 Å². The van der Waals surface area contributed by atoms with Crippen LogP contribution in [-0.4, -0.2) is 15.9 Å². The summed E-state index contributed by atoms with van der Waals surface area (Å²) >= 11 is 11.9. The third-order valence-corrected chi connectivity index (χ3v) is 4.69. The Hall–Kier alpha value is -1.45. The lowest BCUT2D eigenvalue weighted by molar-refractivity contribution is 0.0993. The van der Waals surface area contributed by atoms with Gasteiger partial charge in [0.25, 0.3) is 0 Å². The maximum atomic E-state index is 12.6. The number of hydrogen-bond acceptors (Lipinski definition) is 2. The predicted octanol–water partition coefficient (Wildman–Crippen LogP) is 6.05. The van der Waals surface area contributed by atoms with Crippen LogP contribution in [-0.2, 0) is 17.3 Å². The molecule has 0 aliphatic heterocycles. The van der Waals surface area contributed by atoms with E-state index in [2.05, 4.69) is 4.98 Å². The number of rotatable bonds is 3. The first-order chi connectivity index (χ1) is 11.3. The van der Waals surface area contributed by atoms with Gasteiger partial charge >= 0.3 is 0 Å². The first kappa shape index (κ1) is 19.9. The fraction of sp³-hybridized carbons (Fsp3) is 0.450. The minimum Gasteiger partial charge on any atom is -0.507 e. The molecule has 1 aromatic heterocycles. The molecule has 2 rings (SSSR count). The summed E-state index contributed by atoms with van der Waals surface area (Å²) in [7, 11) is 0. The smallest absolute Gasteiger partial charge is 0.170 e. The summed E-state index contributed by atoms with van der Waals surface area (Å²) in [5, 5.41) is 11.3. The van der Waals surface area contributed by atoms with E-state index < -0.39 is 0 Å². The van der Waals surface area contributed by atoms with E-state index in [4.69, 9.17) is 23.2 Å². The van der Waals surface area contributed by atoms with Crippen molar-refractivity contribution in [2.24, 2.45) is 0 Å². The molecule has 0 spiro atoms. The molecule has 25 heavy (non-hydrogen) atoms. The van der Waals surface area contributed by atoms with E-state index >= 15 is 0 Å². The van der Waals surface area contributed by atoms with Gasteiger partial charge in [0, 0.05) is 6.42 Å². The van der Waals surface area contributed by atoms with Gasteiger partial charge in [-0.15, -0.1) is 0 Å². The van der Waals surface area contributed by atoms with Gasteiger partial charge in [0.05, 0.1) is 5.56 Å². The molecule has 2 N–H and O–H groups in total. The van der Waals surface area contributed by atoms with Gasteiger partial charge in [-0.1, -0.05) is 76.9 Å². The van der Waals surface area contributed by atoms with E-state index in [9.17, 15) is 9.90 Å². The number of hydrogen-bond donors (Lipinski definition) is 2. The topological polar surface area (TPSA) is 53.1 Å². The molecule has 0 unspecified atom stereocenters. The van der Waals surface area contributed by atoms with Crippen molar-refractivity contribution in [1.82, 2.24) is 4.98 Å². The third-order valence-electron chi connectivity index (χ3n) is 4.19. The summed E-state index contributed by atoms with van der Waals surface area (Å²) in [6, 6.07) is 5.36. The van der Waals surface area contributed by atoms with Crippen LogP contribution < -0.4 is 0 Å². The van der Waals surface area contributed by atoms with E-state index in [-0.39, 0.29) is 28.2 Å². The minimum absolute atomic E-state index is 0.112. The molecule has 0 saturated carbocycles. The number of aromatic hydroxyl groups is 1. The number of carbonyl (C=O) groups is 1. The third kappa shape index (κ3) is 4.39. The first-order valence-electron chi connectivity index (χ1n) is 8.24. The van der Waals surface area contributed by atoms with Crippen LogP contribution in [0.4, 0.5) is 0 Å². The van der Waals surface area contributed by atoms with Crippen molar-refractivity contribution in [3.8, 4) is 5.75 Å². The average molecular weight is 382 g/mol.